The molecule has 0 radical (unpaired) electrons. The van der Waals surface area contributed by atoms with E-state index in [1.807, 2.05) is 13.8 Å². The van der Waals surface area contributed by atoms with Gasteiger partial charge >= 0.3 is 0 Å². The molecular formula is C11H18N4O2. The summed E-state index contributed by atoms with van der Waals surface area (Å²) in [5, 5.41) is 3.80. The second kappa shape index (κ2) is 4.83. The fourth-order valence-electron chi connectivity index (χ4n) is 2.19. The lowest BCUT2D eigenvalue weighted by molar-refractivity contribution is -0.123. The molecule has 2 rings (SSSR count). The average Bonchev–Trinajstić information content (AvgIpc) is 2.75. The van der Waals surface area contributed by atoms with E-state index in [0.29, 0.717) is 17.6 Å². The van der Waals surface area contributed by atoms with Crippen molar-refractivity contribution in [1.29, 1.82) is 0 Å². The van der Waals surface area contributed by atoms with Crippen LogP contribution in [0.2, 0.25) is 0 Å². The number of likely N-dealkylation sites (tertiary alicyclic amines) is 1. The smallest absolute Gasteiger partial charge is 0.234 e. The van der Waals surface area contributed by atoms with Crippen molar-refractivity contribution in [2.75, 3.05) is 13.1 Å². The monoisotopic (exact) mass is 238 g/mol. The van der Waals surface area contributed by atoms with Crippen LogP contribution in [0.5, 0.6) is 0 Å². The third kappa shape index (κ3) is 2.63. The number of amides is 1. The van der Waals surface area contributed by atoms with Crippen LogP contribution in [0.1, 0.15) is 37.4 Å². The zero-order chi connectivity index (χ0) is 12.4. The number of carbonyl (C=O) groups is 1. The fourth-order valence-corrected chi connectivity index (χ4v) is 2.19. The molecular weight excluding hydrogens is 220 g/mol. The van der Waals surface area contributed by atoms with Crippen molar-refractivity contribution in [3.05, 3.63) is 11.7 Å². The highest BCUT2D eigenvalue weighted by molar-refractivity contribution is 5.79. The maximum atomic E-state index is 11.1. The molecule has 1 saturated heterocycles. The molecule has 0 aliphatic carbocycles. The summed E-state index contributed by atoms with van der Waals surface area (Å²) in [7, 11) is 0. The van der Waals surface area contributed by atoms with Crippen molar-refractivity contribution in [1.82, 2.24) is 15.0 Å². The summed E-state index contributed by atoms with van der Waals surface area (Å²) in [4.78, 5) is 17.4. The minimum absolute atomic E-state index is 0.194. The maximum Gasteiger partial charge on any atom is 0.234 e. The first-order valence-corrected chi connectivity index (χ1v) is 5.91. The second-order valence-electron chi connectivity index (χ2n) is 4.57. The van der Waals surface area contributed by atoms with Gasteiger partial charge in [-0.3, -0.25) is 9.69 Å². The van der Waals surface area contributed by atoms with E-state index in [2.05, 4.69) is 15.0 Å². The van der Waals surface area contributed by atoms with Crippen LogP contribution in [0, 0.1) is 6.92 Å². The van der Waals surface area contributed by atoms with E-state index < -0.39 is 0 Å². The third-order valence-corrected chi connectivity index (χ3v) is 3.38. The molecule has 1 unspecified atom stereocenters. The molecule has 0 aromatic carbocycles. The van der Waals surface area contributed by atoms with Crippen LogP contribution in [0.25, 0.3) is 0 Å². The molecule has 1 aliphatic heterocycles. The first kappa shape index (κ1) is 12.0. The first-order chi connectivity index (χ1) is 8.08. The summed E-state index contributed by atoms with van der Waals surface area (Å²) in [5.74, 6) is 1.44. The predicted molar refractivity (Wildman–Crippen MR) is 61.2 cm³/mol. The number of nitrogens with two attached hydrogens (primary N) is 1. The molecule has 6 nitrogen and oxygen atoms in total. The van der Waals surface area contributed by atoms with Gasteiger partial charge in [-0.05, 0) is 39.8 Å². The van der Waals surface area contributed by atoms with E-state index in [0.717, 1.165) is 25.9 Å². The number of primary amides is 1. The van der Waals surface area contributed by atoms with Gasteiger partial charge < -0.3 is 10.3 Å². The number of aromatic nitrogens is 2. The molecule has 0 saturated carbocycles. The lowest BCUT2D eigenvalue weighted by Crippen LogP contribution is -2.46. The first-order valence-electron chi connectivity index (χ1n) is 5.91. The fraction of sp³-hybridized carbons (Fsp3) is 0.727. The lowest BCUT2D eigenvalue weighted by atomic mass is 9.96. The number of rotatable bonds is 3. The van der Waals surface area contributed by atoms with Gasteiger partial charge in [0.2, 0.25) is 11.8 Å². The molecule has 1 amide bonds. The number of nitrogens with zero attached hydrogens (tertiary/aromatic N) is 3. The van der Waals surface area contributed by atoms with Gasteiger partial charge in [-0.25, -0.2) is 0 Å². The topological polar surface area (TPSA) is 85.3 Å². The summed E-state index contributed by atoms with van der Waals surface area (Å²) in [6, 6.07) is -0.194. The average molecular weight is 238 g/mol. The SMILES string of the molecule is Cc1noc(C2CCN(C(C)C(N)=O)CC2)n1. The Kier molecular flexibility index (Phi) is 3.42. The molecule has 17 heavy (non-hydrogen) atoms. The van der Waals surface area contributed by atoms with Crippen molar-refractivity contribution < 1.29 is 9.32 Å². The third-order valence-electron chi connectivity index (χ3n) is 3.38. The van der Waals surface area contributed by atoms with E-state index in [9.17, 15) is 4.79 Å². The number of aryl methyl sites for hydroxylation is 1. The molecule has 0 spiro atoms. The number of piperidine rings is 1. The molecule has 6 heteroatoms. The lowest BCUT2D eigenvalue weighted by Gasteiger charge is -2.33. The Balaban J connectivity index is 1.92. The molecule has 1 aliphatic rings. The quantitative estimate of drug-likeness (QED) is 0.825. The Morgan fingerprint density at radius 3 is 2.65 bits per heavy atom. The van der Waals surface area contributed by atoms with Crippen LogP contribution in [-0.4, -0.2) is 40.1 Å². The normalized spacial score (nSPS) is 20.4. The predicted octanol–water partition coefficient (Wildman–Crippen LogP) is 0.431. The summed E-state index contributed by atoms with van der Waals surface area (Å²) >= 11 is 0. The molecule has 1 atom stereocenters. The van der Waals surface area contributed by atoms with Gasteiger partial charge in [0, 0.05) is 5.92 Å². The second-order valence-corrected chi connectivity index (χ2v) is 4.57. The van der Waals surface area contributed by atoms with Crippen LogP contribution in [0.4, 0.5) is 0 Å². The van der Waals surface area contributed by atoms with Crippen LogP contribution in [0.3, 0.4) is 0 Å². The molecule has 1 aromatic rings. The van der Waals surface area contributed by atoms with Crippen LogP contribution < -0.4 is 5.73 Å². The number of hydrogen-bond donors (Lipinski definition) is 1. The van der Waals surface area contributed by atoms with Crippen molar-refractivity contribution in [3.8, 4) is 0 Å². The molecule has 1 aromatic heterocycles. The molecule has 2 heterocycles. The van der Waals surface area contributed by atoms with Crippen LogP contribution in [0.15, 0.2) is 4.52 Å². The van der Waals surface area contributed by atoms with Crippen LogP contribution in [-0.2, 0) is 4.79 Å². The Morgan fingerprint density at radius 1 is 1.53 bits per heavy atom. The van der Waals surface area contributed by atoms with Gasteiger partial charge in [-0.2, -0.15) is 4.98 Å². The minimum Gasteiger partial charge on any atom is -0.368 e. The summed E-state index contributed by atoms with van der Waals surface area (Å²) in [6.45, 7) is 5.35. The van der Waals surface area contributed by atoms with Crippen LogP contribution >= 0.6 is 0 Å². The van der Waals surface area contributed by atoms with Gasteiger partial charge in [0.25, 0.3) is 0 Å². The van der Waals surface area contributed by atoms with Crippen molar-refractivity contribution in [2.45, 2.75) is 38.6 Å². The van der Waals surface area contributed by atoms with Crippen molar-refractivity contribution in [3.63, 3.8) is 0 Å². The van der Waals surface area contributed by atoms with Crippen molar-refractivity contribution in [2.24, 2.45) is 5.73 Å². The zero-order valence-corrected chi connectivity index (χ0v) is 10.2. The van der Waals surface area contributed by atoms with Gasteiger partial charge in [0.05, 0.1) is 6.04 Å². The summed E-state index contributed by atoms with van der Waals surface area (Å²) < 4.78 is 5.18. The van der Waals surface area contributed by atoms with Crippen molar-refractivity contribution >= 4 is 5.91 Å². The largest absolute Gasteiger partial charge is 0.368 e. The van der Waals surface area contributed by atoms with Gasteiger partial charge in [-0.1, -0.05) is 5.16 Å². The van der Waals surface area contributed by atoms with E-state index in [1.165, 1.54) is 0 Å². The Morgan fingerprint density at radius 2 is 2.18 bits per heavy atom. The molecule has 94 valence electrons. The summed E-state index contributed by atoms with van der Waals surface area (Å²) in [5.41, 5.74) is 5.29. The Hall–Kier alpha value is -1.43. The van der Waals surface area contributed by atoms with E-state index in [1.54, 1.807) is 0 Å². The molecule has 2 N–H and O–H groups in total. The minimum atomic E-state index is -0.267. The standard InChI is InChI=1S/C11H18N4O2/c1-7(10(12)16)15-5-3-9(4-6-15)11-13-8(2)14-17-11/h7,9H,3-6H2,1-2H3,(H2,12,16). The van der Waals surface area contributed by atoms with Gasteiger partial charge in [0.1, 0.15) is 0 Å². The Bertz CT molecular complexity index is 396. The zero-order valence-electron chi connectivity index (χ0n) is 10.2. The number of carbonyl (C=O) groups excluding carboxylic acids is 1. The van der Waals surface area contributed by atoms with E-state index in [4.69, 9.17) is 10.3 Å². The van der Waals surface area contributed by atoms with Gasteiger partial charge in [-0.15, -0.1) is 0 Å². The van der Waals surface area contributed by atoms with E-state index >= 15 is 0 Å². The molecule has 1 fully saturated rings. The van der Waals surface area contributed by atoms with E-state index in [-0.39, 0.29) is 11.9 Å². The molecule has 0 bridgehead atoms. The Labute approximate surface area is 100 Å². The summed E-state index contributed by atoms with van der Waals surface area (Å²) in [6.07, 6.45) is 1.86. The highest BCUT2D eigenvalue weighted by atomic mass is 16.5. The highest BCUT2D eigenvalue weighted by Gasteiger charge is 2.28. The maximum absolute atomic E-state index is 11.1. The number of hydrogen-bond acceptors (Lipinski definition) is 5. The highest BCUT2D eigenvalue weighted by Crippen LogP contribution is 2.27. The van der Waals surface area contributed by atoms with Gasteiger partial charge in [0.15, 0.2) is 5.82 Å².